The van der Waals surface area contributed by atoms with Crippen molar-refractivity contribution in [1.29, 1.82) is 0 Å². The molecule has 8 nitrogen and oxygen atoms in total. The molecule has 6 rings (SSSR count). The minimum absolute atomic E-state index is 0.0854. The quantitative estimate of drug-likeness (QED) is 0.139. The fourth-order valence-corrected chi connectivity index (χ4v) is 6.29. The van der Waals surface area contributed by atoms with Crippen LogP contribution in [0.2, 0.25) is 0 Å². The van der Waals surface area contributed by atoms with Crippen LogP contribution >= 0.6 is 0 Å². The first-order valence-electron chi connectivity index (χ1n) is 17.0. The number of nitrogens with zero attached hydrogens (tertiary/aromatic N) is 2. The highest BCUT2D eigenvalue weighted by Crippen LogP contribution is 2.40. The second-order valence-electron chi connectivity index (χ2n) is 13.1. The smallest absolute Gasteiger partial charge is 0.393 e. The number of likely N-dealkylation sites (tertiary alicyclic amines) is 1. The van der Waals surface area contributed by atoms with Gasteiger partial charge in [-0.1, -0.05) is 48.5 Å². The first kappa shape index (κ1) is 34.7. The molecule has 2 atom stereocenters. The van der Waals surface area contributed by atoms with E-state index in [1.54, 1.807) is 59.6 Å². The summed E-state index contributed by atoms with van der Waals surface area (Å²) in [6.07, 6.45) is 4.26. The van der Waals surface area contributed by atoms with Crippen LogP contribution in [0.3, 0.4) is 0 Å². The number of hydrogen-bond acceptors (Lipinski definition) is 7. The maximum atomic E-state index is 14.1. The summed E-state index contributed by atoms with van der Waals surface area (Å²) in [6, 6.07) is 19.5. The molecular weight excluding hydrogens is 633 g/mol. The van der Waals surface area contributed by atoms with Crippen molar-refractivity contribution in [3.05, 3.63) is 102 Å². The van der Waals surface area contributed by atoms with Crippen LogP contribution in [-0.4, -0.2) is 77.8 Å². The van der Waals surface area contributed by atoms with Gasteiger partial charge in [0.15, 0.2) is 0 Å². The molecule has 3 heterocycles. The molecule has 0 radical (unpaired) electrons. The molecule has 1 aliphatic carbocycles. The number of amides is 1. The Morgan fingerprint density at radius 1 is 1.02 bits per heavy atom. The third kappa shape index (κ3) is 9.71. The first-order chi connectivity index (χ1) is 23.7. The van der Waals surface area contributed by atoms with Crippen molar-refractivity contribution in [1.82, 2.24) is 15.2 Å². The van der Waals surface area contributed by atoms with Crippen LogP contribution in [0.4, 0.5) is 18.9 Å². The number of carbonyl (C=O) groups excluding carboxylic acids is 1. The standard InChI is InChI=1S/C38H43F3N4O4/c39-38(40,41)23-32(27-7-2-1-3-8-27)36(28-11-14-30(15-12-28)44-34-9-4-5-22-48-34)29-13-16-33(42-24-29)49-26-37(18-19-37)43-20-6-10-35(47)45-21-17-31(46)25-45/h1-3,6-8,10-16,24,31,34,43-44,46H,4-5,9,17-23,25-26H2/b10-6+,36-32-. The van der Waals surface area contributed by atoms with Crippen LogP contribution in [-0.2, 0) is 9.53 Å². The monoisotopic (exact) mass is 676 g/mol. The zero-order chi connectivity index (χ0) is 34.3. The lowest BCUT2D eigenvalue weighted by molar-refractivity contribution is -0.125. The molecule has 2 unspecified atom stereocenters. The Kier molecular flexibility index (Phi) is 11.0. The molecule has 3 aromatic rings. The van der Waals surface area contributed by atoms with Gasteiger partial charge in [0.25, 0.3) is 0 Å². The molecule has 1 amide bonds. The fraction of sp³-hybridized carbons (Fsp3) is 0.421. The molecule has 3 N–H and O–H groups in total. The number of anilines is 1. The van der Waals surface area contributed by atoms with Crippen molar-refractivity contribution < 1.29 is 32.5 Å². The lowest BCUT2D eigenvalue weighted by Crippen LogP contribution is -2.37. The minimum Gasteiger partial charge on any atom is -0.476 e. The number of benzene rings is 2. The lowest BCUT2D eigenvalue weighted by Gasteiger charge is -2.24. The number of nitrogens with one attached hydrogen (secondary N) is 2. The fourth-order valence-electron chi connectivity index (χ4n) is 6.29. The predicted octanol–water partition coefficient (Wildman–Crippen LogP) is 6.58. The Labute approximate surface area is 285 Å². The van der Waals surface area contributed by atoms with Crippen LogP contribution in [0.5, 0.6) is 5.88 Å². The number of pyridine rings is 1. The van der Waals surface area contributed by atoms with E-state index in [-0.39, 0.29) is 23.2 Å². The van der Waals surface area contributed by atoms with Gasteiger partial charge in [0.05, 0.1) is 18.1 Å². The number of β-amino-alcohol motifs (C(OH)–C–C–N with tert-alkyl or cyclic N) is 1. The summed E-state index contributed by atoms with van der Waals surface area (Å²) < 4.78 is 54.1. The molecule has 260 valence electrons. The number of hydrogen-bond donors (Lipinski definition) is 3. The maximum Gasteiger partial charge on any atom is 0.393 e. The Morgan fingerprint density at radius 3 is 2.43 bits per heavy atom. The highest BCUT2D eigenvalue weighted by atomic mass is 19.4. The van der Waals surface area contributed by atoms with E-state index in [0.29, 0.717) is 67.4 Å². The largest absolute Gasteiger partial charge is 0.476 e. The number of aliphatic hydroxyl groups is 1. The molecule has 2 aromatic carbocycles. The number of ether oxygens (including phenoxy) is 2. The summed E-state index contributed by atoms with van der Waals surface area (Å²) in [6.45, 7) is 2.50. The summed E-state index contributed by atoms with van der Waals surface area (Å²) >= 11 is 0. The number of allylic oxidation sites excluding steroid dienone is 1. The van der Waals surface area contributed by atoms with Gasteiger partial charge in [-0.25, -0.2) is 4.98 Å². The number of carbonyl (C=O) groups is 1. The average molecular weight is 677 g/mol. The summed E-state index contributed by atoms with van der Waals surface area (Å²) in [7, 11) is 0. The summed E-state index contributed by atoms with van der Waals surface area (Å²) in [5.74, 6) is 0.267. The van der Waals surface area contributed by atoms with Crippen molar-refractivity contribution >= 4 is 22.7 Å². The molecule has 0 spiro atoms. The van der Waals surface area contributed by atoms with Crippen molar-refractivity contribution in [3.63, 3.8) is 0 Å². The molecule has 2 saturated heterocycles. The van der Waals surface area contributed by atoms with Gasteiger partial charge in [0.2, 0.25) is 11.8 Å². The van der Waals surface area contributed by atoms with E-state index >= 15 is 0 Å². The molecule has 11 heteroatoms. The van der Waals surface area contributed by atoms with Crippen LogP contribution < -0.4 is 15.4 Å². The highest BCUT2D eigenvalue weighted by molar-refractivity contribution is 5.98. The molecule has 0 bridgehead atoms. The van der Waals surface area contributed by atoms with Crippen molar-refractivity contribution in [2.45, 2.75) is 69.0 Å². The van der Waals surface area contributed by atoms with Crippen LogP contribution in [0, 0.1) is 0 Å². The maximum absolute atomic E-state index is 14.1. The van der Waals surface area contributed by atoms with Gasteiger partial charge in [0.1, 0.15) is 12.8 Å². The van der Waals surface area contributed by atoms with Gasteiger partial charge >= 0.3 is 6.18 Å². The van der Waals surface area contributed by atoms with Gasteiger partial charge < -0.3 is 30.1 Å². The summed E-state index contributed by atoms with van der Waals surface area (Å²) in [5.41, 5.74) is 2.90. The number of alkyl halides is 3. The summed E-state index contributed by atoms with van der Waals surface area (Å²) in [5, 5.41) is 16.5. The number of halogens is 3. The minimum atomic E-state index is -4.43. The van der Waals surface area contributed by atoms with Crippen LogP contribution in [0.25, 0.3) is 11.1 Å². The third-order valence-corrected chi connectivity index (χ3v) is 9.19. The second-order valence-corrected chi connectivity index (χ2v) is 13.1. The van der Waals surface area contributed by atoms with Gasteiger partial charge in [-0.3, -0.25) is 4.79 Å². The Balaban J connectivity index is 1.17. The van der Waals surface area contributed by atoms with E-state index in [1.165, 1.54) is 6.08 Å². The Morgan fingerprint density at radius 2 is 1.80 bits per heavy atom. The van der Waals surface area contributed by atoms with Crippen LogP contribution in [0.15, 0.2) is 85.1 Å². The van der Waals surface area contributed by atoms with Crippen molar-refractivity contribution in [3.8, 4) is 5.88 Å². The molecule has 3 aliphatic rings. The lowest BCUT2D eigenvalue weighted by atomic mass is 9.88. The van der Waals surface area contributed by atoms with Gasteiger partial charge in [0, 0.05) is 55.8 Å². The highest BCUT2D eigenvalue weighted by Gasteiger charge is 2.43. The van der Waals surface area contributed by atoms with E-state index in [2.05, 4.69) is 15.6 Å². The molecular formula is C38H43F3N4O4. The van der Waals surface area contributed by atoms with Crippen LogP contribution in [0.1, 0.15) is 61.6 Å². The van der Waals surface area contributed by atoms with Crippen molar-refractivity contribution in [2.24, 2.45) is 0 Å². The van der Waals surface area contributed by atoms with Gasteiger partial charge in [-0.2, -0.15) is 13.2 Å². The SMILES string of the molecule is O=C(/C=C/CNC1(COc2ccc(/C(=C(/CC(F)(F)F)c3ccccc3)c3ccc(NC4CCCCO4)cc3)cn2)CC1)N1CCC(O)C1. The predicted molar refractivity (Wildman–Crippen MR) is 183 cm³/mol. The van der Waals surface area contributed by atoms with E-state index in [4.69, 9.17) is 9.47 Å². The van der Waals surface area contributed by atoms with Gasteiger partial charge in [-0.05, 0) is 79.0 Å². The van der Waals surface area contributed by atoms with E-state index in [9.17, 15) is 23.1 Å². The summed E-state index contributed by atoms with van der Waals surface area (Å²) in [4.78, 5) is 18.4. The van der Waals surface area contributed by atoms with Gasteiger partial charge in [-0.15, -0.1) is 0 Å². The molecule has 49 heavy (non-hydrogen) atoms. The van der Waals surface area contributed by atoms with E-state index in [1.807, 2.05) is 24.3 Å². The number of aromatic nitrogens is 1. The average Bonchev–Trinajstić information content (AvgIpc) is 3.75. The second kappa shape index (κ2) is 15.6. The Bertz CT molecular complexity index is 1600. The normalized spacial score (nSPS) is 21.0. The first-order valence-corrected chi connectivity index (χ1v) is 17.0. The molecule has 3 fully saturated rings. The molecule has 1 aromatic heterocycles. The zero-order valence-electron chi connectivity index (χ0n) is 27.4. The van der Waals surface area contributed by atoms with E-state index in [0.717, 1.165) is 37.8 Å². The topological polar surface area (TPSA) is 96.0 Å². The number of aliphatic hydroxyl groups excluding tert-OH is 1. The molecule has 2 aliphatic heterocycles. The number of rotatable bonds is 13. The third-order valence-electron chi connectivity index (χ3n) is 9.19. The Hall–Kier alpha value is -4.19. The zero-order valence-corrected chi connectivity index (χ0v) is 27.4. The molecule has 1 saturated carbocycles. The van der Waals surface area contributed by atoms with E-state index < -0.39 is 18.7 Å². The van der Waals surface area contributed by atoms with Crippen molar-refractivity contribution in [2.75, 3.05) is 38.2 Å².